The van der Waals surface area contributed by atoms with E-state index in [1.54, 1.807) is 17.5 Å². The zero-order valence-electron chi connectivity index (χ0n) is 12.8. The lowest BCUT2D eigenvalue weighted by Crippen LogP contribution is -2.11. The van der Waals surface area contributed by atoms with Gasteiger partial charge in [0.05, 0.1) is 10.6 Å². The number of anilines is 1. The van der Waals surface area contributed by atoms with Crippen molar-refractivity contribution in [2.45, 2.75) is 6.61 Å². The van der Waals surface area contributed by atoms with E-state index in [1.165, 1.54) is 18.2 Å². The van der Waals surface area contributed by atoms with Gasteiger partial charge >= 0.3 is 0 Å². The summed E-state index contributed by atoms with van der Waals surface area (Å²) in [6, 6.07) is 10.1. The highest BCUT2D eigenvalue weighted by Crippen LogP contribution is 2.21. The molecule has 1 aromatic heterocycles. The van der Waals surface area contributed by atoms with Crippen LogP contribution >= 0.6 is 11.3 Å². The van der Waals surface area contributed by atoms with Crippen LogP contribution in [-0.4, -0.2) is 5.91 Å². The van der Waals surface area contributed by atoms with E-state index in [4.69, 9.17) is 4.74 Å². The SMILES string of the molecule is O=C(Nc1cc(F)ccc1F)c1cc(COc2cccc(F)c2)cs1. The number of carbonyl (C=O) groups is 1. The molecule has 0 aliphatic rings. The predicted molar refractivity (Wildman–Crippen MR) is 89.4 cm³/mol. The van der Waals surface area contributed by atoms with E-state index in [2.05, 4.69) is 5.32 Å². The fourth-order valence-electron chi connectivity index (χ4n) is 2.07. The van der Waals surface area contributed by atoms with Crippen molar-refractivity contribution in [3.63, 3.8) is 0 Å². The number of hydrogen-bond donors (Lipinski definition) is 1. The molecular formula is C18H12F3NO2S. The predicted octanol–water partition coefficient (Wildman–Crippen LogP) is 5.00. The van der Waals surface area contributed by atoms with Gasteiger partial charge < -0.3 is 10.1 Å². The van der Waals surface area contributed by atoms with Gasteiger partial charge in [0.25, 0.3) is 5.91 Å². The van der Waals surface area contributed by atoms with E-state index < -0.39 is 23.4 Å². The molecule has 25 heavy (non-hydrogen) atoms. The number of halogens is 3. The third kappa shape index (κ3) is 4.39. The van der Waals surface area contributed by atoms with E-state index >= 15 is 0 Å². The summed E-state index contributed by atoms with van der Waals surface area (Å²) in [6.45, 7) is 0.154. The Labute approximate surface area is 145 Å². The number of rotatable bonds is 5. The number of benzene rings is 2. The fourth-order valence-corrected chi connectivity index (χ4v) is 2.86. The number of nitrogens with one attached hydrogen (secondary N) is 1. The van der Waals surface area contributed by atoms with Crippen LogP contribution in [0.3, 0.4) is 0 Å². The number of ether oxygens (including phenoxy) is 1. The highest BCUT2D eigenvalue weighted by atomic mass is 32.1. The van der Waals surface area contributed by atoms with Gasteiger partial charge in [-0.2, -0.15) is 0 Å². The molecule has 3 rings (SSSR count). The Balaban J connectivity index is 1.64. The zero-order valence-corrected chi connectivity index (χ0v) is 13.6. The second-order valence-electron chi connectivity index (χ2n) is 5.14. The minimum atomic E-state index is -0.721. The molecule has 3 aromatic rings. The topological polar surface area (TPSA) is 38.3 Å². The maximum absolute atomic E-state index is 13.6. The van der Waals surface area contributed by atoms with Crippen molar-refractivity contribution in [1.82, 2.24) is 0 Å². The van der Waals surface area contributed by atoms with Crippen LogP contribution in [0.1, 0.15) is 15.2 Å². The smallest absolute Gasteiger partial charge is 0.265 e. The Bertz CT molecular complexity index is 911. The first-order chi connectivity index (χ1) is 12.0. The van der Waals surface area contributed by atoms with Crippen LogP contribution < -0.4 is 10.1 Å². The number of amides is 1. The standard InChI is InChI=1S/C18H12F3NO2S/c19-12-2-1-3-14(7-12)24-9-11-6-17(25-10-11)18(23)22-16-8-13(20)4-5-15(16)21/h1-8,10H,9H2,(H,22,23). The number of hydrogen-bond acceptors (Lipinski definition) is 3. The van der Waals surface area contributed by atoms with Crippen molar-refractivity contribution >= 4 is 22.9 Å². The molecule has 0 saturated heterocycles. The van der Waals surface area contributed by atoms with Gasteiger partial charge in [-0.3, -0.25) is 4.79 Å². The second kappa shape index (κ2) is 7.40. The average Bonchev–Trinajstić information content (AvgIpc) is 3.05. The van der Waals surface area contributed by atoms with Crippen LogP contribution in [-0.2, 0) is 6.61 Å². The van der Waals surface area contributed by atoms with Crippen molar-refractivity contribution < 1.29 is 22.7 Å². The van der Waals surface area contributed by atoms with E-state index in [0.717, 1.165) is 29.5 Å². The van der Waals surface area contributed by atoms with Crippen molar-refractivity contribution in [3.05, 3.63) is 81.8 Å². The van der Waals surface area contributed by atoms with Crippen molar-refractivity contribution in [2.24, 2.45) is 0 Å². The average molecular weight is 363 g/mol. The molecule has 1 amide bonds. The van der Waals surface area contributed by atoms with E-state index in [9.17, 15) is 18.0 Å². The van der Waals surface area contributed by atoms with Crippen LogP contribution in [0.25, 0.3) is 0 Å². The molecule has 0 fully saturated rings. The Kier molecular flexibility index (Phi) is 5.04. The molecule has 1 N–H and O–H groups in total. The van der Waals surface area contributed by atoms with E-state index in [0.29, 0.717) is 16.2 Å². The lowest BCUT2D eigenvalue weighted by atomic mass is 10.2. The summed E-state index contributed by atoms with van der Waals surface area (Å²) < 4.78 is 45.2. The summed E-state index contributed by atoms with van der Waals surface area (Å²) in [7, 11) is 0. The third-order valence-corrected chi connectivity index (χ3v) is 4.23. The molecule has 0 saturated carbocycles. The zero-order chi connectivity index (χ0) is 17.8. The highest BCUT2D eigenvalue weighted by Gasteiger charge is 2.13. The van der Waals surface area contributed by atoms with Crippen molar-refractivity contribution in [1.29, 1.82) is 0 Å². The molecule has 3 nitrogen and oxygen atoms in total. The lowest BCUT2D eigenvalue weighted by molar-refractivity contribution is 0.103. The van der Waals surface area contributed by atoms with Crippen molar-refractivity contribution in [3.8, 4) is 5.75 Å². The summed E-state index contributed by atoms with van der Waals surface area (Å²) in [5, 5.41) is 4.03. The van der Waals surface area contributed by atoms with Crippen LogP contribution in [0, 0.1) is 17.5 Å². The van der Waals surface area contributed by atoms with E-state index in [-0.39, 0.29) is 12.3 Å². The highest BCUT2D eigenvalue weighted by molar-refractivity contribution is 7.12. The second-order valence-corrected chi connectivity index (χ2v) is 6.05. The summed E-state index contributed by atoms with van der Waals surface area (Å²) in [5.74, 6) is -1.95. The molecule has 0 aliphatic carbocycles. The Morgan fingerprint density at radius 1 is 1.04 bits per heavy atom. The van der Waals surface area contributed by atoms with Gasteiger partial charge in [-0.15, -0.1) is 11.3 Å². The fraction of sp³-hybridized carbons (Fsp3) is 0.0556. The quantitative estimate of drug-likeness (QED) is 0.693. The molecule has 2 aromatic carbocycles. The van der Waals surface area contributed by atoms with Gasteiger partial charge in [-0.05, 0) is 35.7 Å². The Morgan fingerprint density at radius 3 is 2.64 bits per heavy atom. The lowest BCUT2D eigenvalue weighted by Gasteiger charge is -2.05. The van der Waals surface area contributed by atoms with Crippen LogP contribution in [0.15, 0.2) is 53.9 Å². The first-order valence-electron chi connectivity index (χ1n) is 7.23. The molecule has 0 aliphatic heterocycles. The molecule has 0 radical (unpaired) electrons. The molecule has 0 unspecified atom stereocenters. The Morgan fingerprint density at radius 2 is 1.84 bits per heavy atom. The summed E-state index contributed by atoms with van der Waals surface area (Å²) in [4.78, 5) is 12.5. The first-order valence-corrected chi connectivity index (χ1v) is 8.11. The Hall–Kier alpha value is -2.80. The monoisotopic (exact) mass is 363 g/mol. The minimum absolute atomic E-state index is 0.154. The summed E-state index contributed by atoms with van der Waals surface area (Å²) >= 11 is 1.14. The van der Waals surface area contributed by atoms with Gasteiger partial charge in [0.1, 0.15) is 29.8 Å². The summed E-state index contributed by atoms with van der Waals surface area (Å²) in [5.41, 5.74) is 0.482. The van der Waals surface area contributed by atoms with Gasteiger partial charge in [0.2, 0.25) is 0 Å². The van der Waals surface area contributed by atoms with Crippen LogP contribution in [0.5, 0.6) is 5.75 Å². The molecule has 128 valence electrons. The molecular weight excluding hydrogens is 351 g/mol. The molecule has 1 heterocycles. The first kappa shape index (κ1) is 17.0. The van der Waals surface area contributed by atoms with Gasteiger partial charge in [-0.1, -0.05) is 6.07 Å². The van der Waals surface area contributed by atoms with Crippen molar-refractivity contribution in [2.75, 3.05) is 5.32 Å². The largest absolute Gasteiger partial charge is 0.489 e. The molecule has 0 spiro atoms. The normalized spacial score (nSPS) is 10.5. The third-order valence-electron chi connectivity index (χ3n) is 3.26. The molecule has 7 heteroatoms. The minimum Gasteiger partial charge on any atom is -0.489 e. The van der Waals surface area contributed by atoms with E-state index in [1.807, 2.05) is 0 Å². The van der Waals surface area contributed by atoms with Gasteiger partial charge in [0.15, 0.2) is 0 Å². The molecule has 0 atom stereocenters. The maximum atomic E-state index is 13.6. The summed E-state index contributed by atoms with van der Waals surface area (Å²) in [6.07, 6.45) is 0. The van der Waals surface area contributed by atoms with Crippen LogP contribution in [0.4, 0.5) is 18.9 Å². The van der Waals surface area contributed by atoms with Gasteiger partial charge in [0, 0.05) is 17.7 Å². The van der Waals surface area contributed by atoms with Crippen LogP contribution in [0.2, 0.25) is 0 Å². The number of thiophene rings is 1. The molecule has 0 bridgehead atoms. The maximum Gasteiger partial charge on any atom is 0.265 e. The number of carbonyl (C=O) groups excluding carboxylic acids is 1. The van der Waals surface area contributed by atoms with Gasteiger partial charge in [-0.25, -0.2) is 13.2 Å².